The molecule has 100 valence electrons. The molecule has 0 bridgehead atoms. The molecule has 1 aromatic heterocycles. The molecule has 0 unspecified atom stereocenters. The Morgan fingerprint density at radius 1 is 1.26 bits per heavy atom. The van der Waals surface area contributed by atoms with E-state index in [-0.39, 0.29) is 0 Å². The summed E-state index contributed by atoms with van der Waals surface area (Å²) in [5, 5.41) is 6.61. The van der Waals surface area contributed by atoms with Gasteiger partial charge in [-0.25, -0.2) is 4.98 Å². The van der Waals surface area contributed by atoms with Crippen molar-refractivity contribution in [3.63, 3.8) is 0 Å². The summed E-state index contributed by atoms with van der Waals surface area (Å²) in [6.45, 7) is 4.68. The van der Waals surface area contributed by atoms with Crippen molar-refractivity contribution in [3.8, 4) is 10.6 Å². The quantitative estimate of drug-likeness (QED) is 0.906. The SMILES string of the molecule is c1cc(NCCN2CCCC2)cc(-c2nccs2)c1. The van der Waals surface area contributed by atoms with Crippen molar-refractivity contribution in [2.75, 3.05) is 31.5 Å². The molecule has 0 amide bonds. The number of hydrogen-bond donors (Lipinski definition) is 1. The van der Waals surface area contributed by atoms with Crippen LogP contribution in [0, 0.1) is 0 Å². The molecule has 2 aromatic rings. The Balaban J connectivity index is 1.57. The van der Waals surface area contributed by atoms with Crippen LogP contribution < -0.4 is 5.32 Å². The van der Waals surface area contributed by atoms with Gasteiger partial charge in [0, 0.05) is 35.9 Å². The molecule has 0 aliphatic carbocycles. The number of rotatable bonds is 5. The summed E-state index contributed by atoms with van der Waals surface area (Å²) < 4.78 is 0. The van der Waals surface area contributed by atoms with Gasteiger partial charge >= 0.3 is 0 Å². The summed E-state index contributed by atoms with van der Waals surface area (Å²) in [5.41, 5.74) is 2.38. The molecule has 0 atom stereocenters. The molecular weight excluding hydrogens is 254 g/mol. The van der Waals surface area contributed by atoms with E-state index in [9.17, 15) is 0 Å². The molecular formula is C15H19N3S. The van der Waals surface area contributed by atoms with Gasteiger partial charge in [0.15, 0.2) is 0 Å². The van der Waals surface area contributed by atoms with Gasteiger partial charge in [-0.3, -0.25) is 0 Å². The monoisotopic (exact) mass is 273 g/mol. The minimum Gasteiger partial charge on any atom is -0.384 e. The van der Waals surface area contributed by atoms with Gasteiger partial charge in [0.25, 0.3) is 0 Å². The fourth-order valence-electron chi connectivity index (χ4n) is 2.49. The Hall–Kier alpha value is -1.39. The van der Waals surface area contributed by atoms with Gasteiger partial charge in [0.2, 0.25) is 0 Å². The number of benzene rings is 1. The normalized spacial score (nSPS) is 15.8. The molecule has 0 spiro atoms. The standard InChI is InChI=1S/C15H19N3S/c1-2-9-18(8-1)10-6-16-14-5-3-4-13(12-14)15-17-7-11-19-15/h3-5,7,11-12,16H,1-2,6,8-10H2. The van der Waals surface area contributed by atoms with Crippen molar-refractivity contribution in [1.29, 1.82) is 0 Å². The van der Waals surface area contributed by atoms with Crippen molar-refractivity contribution in [2.45, 2.75) is 12.8 Å². The molecule has 0 saturated carbocycles. The van der Waals surface area contributed by atoms with Crippen LogP contribution in [0.5, 0.6) is 0 Å². The van der Waals surface area contributed by atoms with Crippen molar-refractivity contribution in [1.82, 2.24) is 9.88 Å². The first-order valence-electron chi connectivity index (χ1n) is 6.88. The van der Waals surface area contributed by atoms with Gasteiger partial charge in [-0.15, -0.1) is 11.3 Å². The predicted octanol–water partition coefficient (Wildman–Crippen LogP) is 3.32. The zero-order valence-electron chi connectivity index (χ0n) is 11.0. The number of aromatic nitrogens is 1. The highest BCUT2D eigenvalue weighted by molar-refractivity contribution is 7.13. The predicted molar refractivity (Wildman–Crippen MR) is 81.7 cm³/mol. The van der Waals surface area contributed by atoms with E-state index >= 15 is 0 Å². The Kier molecular flexibility index (Phi) is 4.10. The zero-order chi connectivity index (χ0) is 12.9. The van der Waals surface area contributed by atoms with Crippen LogP contribution >= 0.6 is 11.3 Å². The number of likely N-dealkylation sites (tertiary alicyclic amines) is 1. The Morgan fingerprint density at radius 2 is 2.16 bits per heavy atom. The van der Waals surface area contributed by atoms with Gasteiger partial charge in [0.05, 0.1) is 0 Å². The van der Waals surface area contributed by atoms with Crippen molar-refractivity contribution < 1.29 is 0 Å². The fraction of sp³-hybridized carbons (Fsp3) is 0.400. The second-order valence-corrected chi connectivity index (χ2v) is 5.79. The molecule has 19 heavy (non-hydrogen) atoms. The summed E-state index contributed by atoms with van der Waals surface area (Å²) in [5.74, 6) is 0. The van der Waals surface area contributed by atoms with E-state index in [1.165, 1.54) is 37.2 Å². The van der Waals surface area contributed by atoms with Crippen LogP contribution in [0.1, 0.15) is 12.8 Å². The maximum Gasteiger partial charge on any atom is 0.123 e. The van der Waals surface area contributed by atoms with Crippen molar-refractivity contribution in [3.05, 3.63) is 35.8 Å². The summed E-state index contributed by atoms with van der Waals surface area (Å²) in [6, 6.07) is 8.52. The lowest BCUT2D eigenvalue weighted by Gasteiger charge is -2.15. The summed E-state index contributed by atoms with van der Waals surface area (Å²) in [6.07, 6.45) is 4.58. The lowest BCUT2D eigenvalue weighted by molar-refractivity contribution is 0.352. The van der Waals surface area contributed by atoms with Crippen LogP contribution in [-0.4, -0.2) is 36.1 Å². The van der Waals surface area contributed by atoms with E-state index in [0.29, 0.717) is 0 Å². The Bertz CT molecular complexity index is 504. The molecule has 0 radical (unpaired) electrons. The van der Waals surface area contributed by atoms with Gasteiger partial charge in [-0.05, 0) is 38.1 Å². The van der Waals surface area contributed by atoms with Crippen LogP contribution in [0.3, 0.4) is 0 Å². The van der Waals surface area contributed by atoms with E-state index < -0.39 is 0 Å². The molecule has 2 heterocycles. The summed E-state index contributed by atoms with van der Waals surface area (Å²) in [4.78, 5) is 6.88. The highest BCUT2D eigenvalue weighted by Gasteiger charge is 2.10. The molecule has 1 fully saturated rings. The molecule has 1 aromatic carbocycles. The first-order valence-corrected chi connectivity index (χ1v) is 7.76. The maximum absolute atomic E-state index is 4.35. The van der Waals surface area contributed by atoms with E-state index in [2.05, 4.69) is 39.5 Å². The number of nitrogens with one attached hydrogen (secondary N) is 1. The molecule has 4 heteroatoms. The largest absolute Gasteiger partial charge is 0.384 e. The number of hydrogen-bond acceptors (Lipinski definition) is 4. The molecule has 1 N–H and O–H groups in total. The topological polar surface area (TPSA) is 28.2 Å². The third-order valence-electron chi connectivity index (χ3n) is 3.50. The maximum atomic E-state index is 4.35. The average molecular weight is 273 g/mol. The van der Waals surface area contributed by atoms with Crippen molar-refractivity contribution in [2.24, 2.45) is 0 Å². The summed E-state index contributed by atoms with van der Waals surface area (Å²) in [7, 11) is 0. The fourth-order valence-corrected chi connectivity index (χ4v) is 3.13. The van der Waals surface area contributed by atoms with Gasteiger partial charge in [-0.1, -0.05) is 12.1 Å². The van der Waals surface area contributed by atoms with Gasteiger partial charge in [-0.2, -0.15) is 0 Å². The minimum atomic E-state index is 1.02. The highest BCUT2D eigenvalue weighted by Crippen LogP contribution is 2.24. The van der Waals surface area contributed by atoms with E-state index in [0.717, 1.165) is 18.1 Å². The number of anilines is 1. The van der Waals surface area contributed by atoms with Crippen LogP contribution in [0.25, 0.3) is 10.6 Å². The Labute approximate surface area is 118 Å². The second-order valence-electron chi connectivity index (χ2n) is 4.89. The van der Waals surface area contributed by atoms with Gasteiger partial charge in [0.1, 0.15) is 5.01 Å². The highest BCUT2D eigenvalue weighted by atomic mass is 32.1. The third kappa shape index (κ3) is 3.33. The Morgan fingerprint density at radius 3 is 2.95 bits per heavy atom. The first kappa shape index (κ1) is 12.6. The van der Waals surface area contributed by atoms with Crippen LogP contribution in [0.4, 0.5) is 5.69 Å². The van der Waals surface area contributed by atoms with Crippen LogP contribution in [0.2, 0.25) is 0 Å². The molecule has 3 rings (SSSR count). The smallest absolute Gasteiger partial charge is 0.123 e. The van der Waals surface area contributed by atoms with E-state index in [1.54, 1.807) is 11.3 Å². The average Bonchev–Trinajstić information content (AvgIpc) is 3.12. The third-order valence-corrected chi connectivity index (χ3v) is 4.32. The molecule has 1 saturated heterocycles. The second kappa shape index (κ2) is 6.17. The van der Waals surface area contributed by atoms with Crippen LogP contribution in [0.15, 0.2) is 35.8 Å². The molecule has 3 nitrogen and oxygen atoms in total. The molecule has 1 aliphatic rings. The van der Waals surface area contributed by atoms with E-state index in [1.807, 2.05) is 11.6 Å². The summed E-state index contributed by atoms with van der Waals surface area (Å²) >= 11 is 1.68. The van der Waals surface area contributed by atoms with E-state index in [4.69, 9.17) is 0 Å². The first-order chi connectivity index (χ1) is 9.42. The minimum absolute atomic E-state index is 1.02. The van der Waals surface area contributed by atoms with Crippen LogP contribution in [-0.2, 0) is 0 Å². The van der Waals surface area contributed by atoms with Crippen molar-refractivity contribution >= 4 is 17.0 Å². The number of thiazole rings is 1. The van der Waals surface area contributed by atoms with Gasteiger partial charge < -0.3 is 10.2 Å². The lowest BCUT2D eigenvalue weighted by Crippen LogP contribution is -2.25. The zero-order valence-corrected chi connectivity index (χ0v) is 11.8. The molecule has 1 aliphatic heterocycles. The number of nitrogens with zero attached hydrogens (tertiary/aromatic N) is 2. The lowest BCUT2D eigenvalue weighted by atomic mass is 10.2.